The topological polar surface area (TPSA) is 35.0 Å². The van der Waals surface area contributed by atoms with Crippen molar-refractivity contribution >= 4 is 42.9 Å². The van der Waals surface area contributed by atoms with E-state index >= 15 is 0 Å². The summed E-state index contributed by atoms with van der Waals surface area (Å²) in [4.78, 5) is 10.5. The van der Waals surface area contributed by atoms with Gasteiger partial charge in [0.15, 0.2) is 0 Å². The summed E-state index contributed by atoms with van der Waals surface area (Å²) in [6.07, 6.45) is 51.6. The quantitative estimate of drug-likeness (QED) is 0.0416. The Morgan fingerprint density at radius 1 is 0.338 bits per heavy atom. The fourth-order valence-corrected chi connectivity index (χ4v) is 10.3. The Balaban J connectivity index is 1.11. The molecule has 1 heterocycles. The SMILES string of the molecule is CCCCCCCCCCCCCCCCCCCCOc1ccc(-c2nc3c(Br)ccc(Br)c3nc2-c2ccc(CCCCCCCCCCCCCCCCCCCC)cc2)cc1. The van der Waals surface area contributed by atoms with E-state index in [1.807, 2.05) is 12.1 Å². The Morgan fingerprint density at radius 2 is 0.631 bits per heavy atom. The average Bonchev–Trinajstić information content (AvgIpc) is 3.33. The number of hydrogen-bond acceptors (Lipinski definition) is 3. The minimum Gasteiger partial charge on any atom is -0.494 e. The Labute approximate surface area is 416 Å². The molecule has 0 bridgehead atoms. The summed E-state index contributed by atoms with van der Waals surface area (Å²) in [6.45, 7) is 5.37. The number of halogens is 2. The summed E-state index contributed by atoms with van der Waals surface area (Å²) in [6, 6.07) is 21.6. The largest absolute Gasteiger partial charge is 0.494 e. The maximum absolute atomic E-state index is 6.21. The summed E-state index contributed by atoms with van der Waals surface area (Å²) in [5, 5.41) is 0. The third-order valence-corrected chi connectivity index (χ3v) is 14.9. The fraction of sp³-hybridized carbons (Fsp3) is 0.667. The lowest BCUT2D eigenvalue weighted by atomic mass is 10.00. The van der Waals surface area contributed by atoms with Crippen molar-refractivity contribution in [3.63, 3.8) is 0 Å². The van der Waals surface area contributed by atoms with E-state index < -0.39 is 0 Å². The van der Waals surface area contributed by atoms with Crippen LogP contribution in [0.4, 0.5) is 0 Å². The highest BCUT2D eigenvalue weighted by Gasteiger charge is 2.17. The predicted octanol–water partition coefficient (Wildman–Crippen LogP) is 21.5. The summed E-state index contributed by atoms with van der Waals surface area (Å²) in [5.74, 6) is 0.920. The van der Waals surface area contributed by atoms with Gasteiger partial charge in [-0.2, -0.15) is 0 Å². The zero-order chi connectivity index (χ0) is 45.8. The van der Waals surface area contributed by atoms with Crippen LogP contribution in [-0.2, 0) is 6.42 Å². The van der Waals surface area contributed by atoms with E-state index in [1.54, 1.807) is 0 Å². The van der Waals surface area contributed by atoms with Crippen LogP contribution in [0.3, 0.4) is 0 Å². The molecule has 0 aliphatic carbocycles. The molecule has 1 aromatic heterocycles. The van der Waals surface area contributed by atoms with Gasteiger partial charge in [0.25, 0.3) is 0 Å². The molecule has 0 fully saturated rings. The van der Waals surface area contributed by atoms with Gasteiger partial charge in [0.05, 0.1) is 18.0 Å². The fourth-order valence-electron chi connectivity index (χ4n) is 9.44. The molecular weight excluding hydrogens is 924 g/mol. The molecule has 0 spiro atoms. The van der Waals surface area contributed by atoms with E-state index in [1.165, 1.54) is 230 Å². The molecule has 0 saturated heterocycles. The highest BCUT2D eigenvalue weighted by atomic mass is 79.9. The number of ether oxygens (including phenoxy) is 1. The summed E-state index contributed by atoms with van der Waals surface area (Å²) in [5.41, 5.74) is 7.07. The van der Waals surface area contributed by atoms with Gasteiger partial charge in [0.1, 0.15) is 16.8 Å². The number of hydrogen-bond donors (Lipinski definition) is 0. The van der Waals surface area contributed by atoms with Crippen LogP contribution in [0, 0.1) is 0 Å². The Kier molecular flexibility index (Phi) is 31.3. The molecule has 3 nitrogen and oxygen atoms in total. The lowest BCUT2D eigenvalue weighted by molar-refractivity contribution is 0.304. The lowest BCUT2D eigenvalue weighted by Crippen LogP contribution is -1.99. The van der Waals surface area contributed by atoms with Crippen LogP contribution >= 0.6 is 31.9 Å². The number of aromatic nitrogens is 2. The van der Waals surface area contributed by atoms with E-state index in [0.717, 1.165) is 67.7 Å². The molecule has 0 radical (unpaired) electrons. The molecule has 362 valence electrons. The smallest absolute Gasteiger partial charge is 0.119 e. The van der Waals surface area contributed by atoms with Gasteiger partial charge in [-0.05, 0) is 93.1 Å². The number of benzene rings is 3. The molecule has 4 aromatic rings. The van der Waals surface area contributed by atoms with Crippen LogP contribution < -0.4 is 4.74 Å². The molecule has 0 aliphatic rings. The van der Waals surface area contributed by atoms with Crippen molar-refractivity contribution in [2.24, 2.45) is 0 Å². The summed E-state index contributed by atoms with van der Waals surface area (Å²) >= 11 is 7.50. The molecular formula is C60H92Br2N2O. The molecule has 0 atom stereocenters. The summed E-state index contributed by atoms with van der Waals surface area (Å²) < 4.78 is 8.10. The average molecular weight is 1020 g/mol. The predicted molar refractivity (Wildman–Crippen MR) is 293 cm³/mol. The van der Waals surface area contributed by atoms with E-state index in [2.05, 4.69) is 94.2 Å². The first-order valence-electron chi connectivity index (χ1n) is 27.6. The van der Waals surface area contributed by atoms with Gasteiger partial charge < -0.3 is 4.74 Å². The molecule has 0 unspecified atom stereocenters. The normalized spacial score (nSPS) is 11.6. The zero-order valence-electron chi connectivity index (χ0n) is 41.7. The molecule has 0 amide bonds. The van der Waals surface area contributed by atoms with Crippen LogP contribution in [0.2, 0.25) is 0 Å². The van der Waals surface area contributed by atoms with Gasteiger partial charge >= 0.3 is 0 Å². The van der Waals surface area contributed by atoms with Gasteiger partial charge in [-0.1, -0.05) is 256 Å². The van der Waals surface area contributed by atoms with E-state index in [9.17, 15) is 0 Å². The lowest BCUT2D eigenvalue weighted by Gasteiger charge is -2.13. The van der Waals surface area contributed by atoms with Crippen LogP contribution in [0.15, 0.2) is 69.6 Å². The van der Waals surface area contributed by atoms with Crippen molar-refractivity contribution < 1.29 is 4.74 Å². The Morgan fingerprint density at radius 3 is 0.969 bits per heavy atom. The first kappa shape index (κ1) is 55.4. The second-order valence-electron chi connectivity index (χ2n) is 19.5. The molecule has 0 N–H and O–H groups in total. The van der Waals surface area contributed by atoms with E-state index in [4.69, 9.17) is 14.7 Å². The van der Waals surface area contributed by atoms with Crippen LogP contribution in [0.1, 0.15) is 251 Å². The van der Waals surface area contributed by atoms with Gasteiger partial charge in [0.2, 0.25) is 0 Å². The molecule has 5 heteroatoms. The number of aryl methyl sites for hydroxylation is 1. The monoisotopic (exact) mass is 1010 g/mol. The molecule has 4 rings (SSSR count). The van der Waals surface area contributed by atoms with E-state index in [-0.39, 0.29) is 0 Å². The molecule has 0 aliphatic heterocycles. The van der Waals surface area contributed by atoms with Crippen molar-refractivity contribution in [1.82, 2.24) is 9.97 Å². The van der Waals surface area contributed by atoms with Crippen LogP contribution in [0.5, 0.6) is 5.75 Å². The van der Waals surface area contributed by atoms with Crippen molar-refractivity contribution in [2.45, 2.75) is 251 Å². The van der Waals surface area contributed by atoms with Crippen LogP contribution in [0.25, 0.3) is 33.5 Å². The second-order valence-corrected chi connectivity index (χ2v) is 21.2. The van der Waals surface area contributed by atoms with Crippen molar-refractivity contribution in [3.8, 4) is 28.3 Å². The number of rotatable bonds is 41. The number of nitrogens with zero attached hydrogens (tertiary/aromatic N) is 2. The van der Waals surface area contributed by atoms with Crippen molar-refractivity contribution in [2.75, 3.05) is 6.61 Å². The maximum Gasteiger partial charge on any atom is 0.119 e. The number of fused-ring (bicyclic) bond motifs is 1. The minimum atomic E-state index is 0.770. The molecule has 0 saturated carbocycles. The van der Waals surface area contributed by atoms with Gasteiger partial charge in [0, 0.05) is 20.1 Å². The Bertz CT molecular complexity index is 1760. The first-order valence-corrected chi connectivity index (χ1v) is 29.2. The van der Waals surface area contributed by atoms with Gasteiger partial charge in [-0.3, -0.25) is 0 Å². The van der Waals surface area contributed by atoms with Crippen LogP contribution in [-0.4, -0.2) is 16.6 Å². The second kappa shape index (κ2) is 36.8. The highest BCUT2D eigenvalue weighted by molar-refractivity contribution is 9.11. The minimum absolute atomic E-state index is 0.770. The van der Waals surface area contributed by atoms with Crippen molar-refractivity contribution in [3.05, 3.63) is 75.2 Å². The van der Waals surface area contributed by atoms with E-state index in [0.29, 0.717) is 0 Å². The molecule has 65 heavy (non-hydrogen) atoms. The molecule has 3 aromatic carbocycles. The third kappa shape index (κ3) is 24.1. The standard InChI is InChI=1S/C60H92Br2N2O/c1-3-5-7-9-11-13-15-17-19-21-23-25-27-29-31-33-35-37-39-51-40-42-52(43-41-51)57-58(64-60-56(62)49-48-55(61)59(60)63-57)53-44-46-54(47-45-53)65-50-38-36-34-32-30-28-26-24-22-20-18-16-14-12-10-8-6-4-2/h40-49H,3-39,50H2,1-2H3. The first-order chi connectivity index (χ1) is 32.1. The van der Waals surface area contributed by atoms with Gasteiger partial charge in [-0.15, -0.1) is 0 Å². The third-order valence-electron chi connectivity index (χ3n) is 13.7. The Hall–Kier alpha value is -2.24. The maximum atomic E-state index is 6.21. The highest BCUT2D eigenvalue weighted by Crippen LogP contribution is 2.36. The van der Waals surface area contributed by atoms with Crippen molar-refractivity contribution in [1.29, 1.82) is 0 Å². The zero-order valence-corrected chi connectivity index (χ0v) is 44.9. The summed E-state index contributed by atoms with van der Waals surface area (Å²) in [7, 11) is 0. The number of unbranched alkanes of at least 4 members (excludes halogenated alkanes) is 34. The van der Waals surface area contributed by atoms with Gasteiger partial charge in [-0.25, -0.2) is 9.97 Å².